The molecule has 10 aromatic rings. The van der Waals surface area contributed by atoms with Gasteiger partial charge in [0, 0.05) is 52.9 Å². The Labute approximate surface area is 299 Å². The van der Waals surface area contributed by atoms with Crippen LogP contribution in [0.1, 0.15) is 12.8 Å². The summed E-state index contributed by atoms with van der Waals surface area (Å²) in [5.41, 5.74) is 5.95. The van der Waals surface area contributed by atoms with Crippen molar-refractivity contribution in [3.05, 3.63) is 168 Å². The van der Waals surface area contributed by atoms with Crippen LogP contribution in [0.5, 0.6) is 0 Å². The molecule has 2 aromatic heterocycles. The first-order chi connectivity index (χ1) is 25.3. The van der Waals surface area contributed by atoms with Crippen LogP contribution in [0.4, 0.5) is 17.1 Å². The van der Waals surface area contributed by atoms with Crippen molar-refractivity contribution < 1.29 is 0 Å². The van der Waals surface area contributed by atoms with E-state index in [-0.39, 0.29) is 0 Å². The minimum absolute atomic E-state index is 1.03. The molecule has 0 atom stereocenters. The van der Waals surface area contributed by atoms with Gasteiger partial charge in [0.1, 0.15) is 0 Å². The molecule has 0 fully saturated rings. The topological polar surface area (TPSA) is 8.17 Å². The van der Waals surface area contributed by atoms with Gasteiger partial charge in [-0.1, -0.05) is 121 Å². The molecule has 1 aliphatic carbocycles. The number of fused-ring (bicyclic) bond motifs is 11. The van der Waals surface area contributed by atoms with Crippen LogP contribution < -0.4 is 15.5 Å². The first-order valence-corrected chi connectivity index (χ1v) is 18.6. The fourth-order valence-electron chi connectivity index (χ4n) is 8.56. The Balaban J connectivity index is 1.32. The van der Waals surface area contributed by atoms with Crippen molar-refractivity contribution in [2.75, 3.05) is 4.90 Å². The number of para-hydroxylation sites is 1. The van der Waals surface area contributed by atoms with Gasteiger partial charge in [-0.2, -0.15) is 0 Å². The summed E-state index contributed by atoms with van der Waals surface area (Å²) in [7, 11) is 0. The zero-order valence-electron chi connectivity index (χ0n) is 27.9. The molecule has 0 unspecified atom stereocenters. The summed E-state index contributed by atoms with van der Waals surface area (Å²) >= 11 is 1.88. The van der Waals surface area contributed by atoms with Crippen LogP contribution in [0.15, 0.2) is 158 Å². The Morgan fingerprint density at radius 3 is 2.10 bits per heavy atom. The zero-order chi connectivity index (χ0) is 33.5. The Hall–Kier alpha value is -6.16. The second kappa shape index (κ2) is 11.2. The summed E-state index contributed by atoms with van der Waals surface area (Å²) in [5, 5.41) is 14.1. The SMILES string of the molecule is C1=c2c(n(-c3ccccc3)c3cccc(N(c4ccc5c(c4)sc4ccccc45)c4cc5ccccc5c5ccc6ccccc6c45)c23)=CCC1. The monoisotopic (exact) mass is 668 g/mol. The molecule has 0 saturated carbocycles. The maximum atomic E-state index is 2.56. The number of nitrogens with zero attached hydrogens (tertiary/aromatic N) is 2. The molecule has 51 heavy (non-hydrogen) atoms. The molecule has 2 nitrogen and oxygen atoms in total. The number of anilines is 3. The summed E-state index contributed by atoms with van der Waals surface area (Å²) in [5.74, 6) is 0. The number of benzene rings is 8. The molecular weight excluding hydrogens is 637 g/mol. The van der Waals surface area contributed by atoms with E-state index in [4.69, 9.17) is 0 Å². The van der Waals surface area contributed by atoms with Gasteiger partial charge >= 0.3 is 0 Å². The molecule has 240 valence electrons. The van der Waals surface area contributed by atoms with Gasteiger partial charge in [0.25, 0.3) is 0 Å². The van der Waals surface area contributed by atoms with Crippen molar-refractivity contribution in [1.82, 2.24) is 4.57 Å². The number of rotatable bonds is 4. The van der Waals surface area contributed by atoms with E-state index in [2.05, 4.69) is 179 Å². The molecule has 0 amide bonds. The van der Waals surface area contributed by atoms with Gasteiger partial charge in [0.15, 0.2) is 0 Å². The fourth-order valence-corrected chi connectivity index (χ4v) is 9.70. The lowest BCUT2D eigenvalue weighted by Crippen LogP contribution is -2.30. The lowest BCUT2D eigenvalue weighted by Gasteiger charge is -2.29. The molecule has 0 bridgehead atoms. The molecule has 11 rings (SSSR count). The lowest BCUT2D eigenvalue weighted by atomic mass is 9.94. The van der Waals surface area contributed by atoms with Crippen LogP contribution in [0.3, 0.4) is 0 Å². The lowest BCUT2D eigenvalue weighted by molar-refractivity contribution is 1.02. The smallest absolute Gasteiger partial charge is 0.0562 e. The number of hydrogen-bond acceptors (Lipinski definition) is 2. The van der Waals surface area contributed by atoms with Crippen LogP contribution in [-0.4, -0.2) is 4.57 Å². The second-order valence-electron chi connectivity index (χ2n) is 13.6. The Morgan fingerprint density at radius 1 is 0.471 bits per heavy atom. The van der Waals surface area contributed by atoms with Gasteiger partial charge in [0.2, 0.25) is 0 Å². The van der Waals surface area contributed by atoms with Crippen LogP contribution >= 0.6 is 11.3 Å². The standard InChI is InChI=1S/C48H32N2S/c1-2-15-33(16-3-1)49-41-21-10-8-20-40(41)48-42(49)22-12-23-43(48)50(34-26-28-38-37-19-9-11-24-45(37)51-46(38)30-34)44-29-32-14-5-6-17-35(32)39-27-25-31-13-4-7-18-36(31)47(39)44/h1-7,9,11-30H,8,10H2. The predicted molar refractivity (Wildman–Crippen MR) is 221 cm³/mol. The third-order valence-electron chi connectivity index (χ3n) is 10.7. The molecule has 2 heterocycles. The zero-order valence-corrected chi connectivity index (χ0v) is 28.7. The fraction of sp³-hybridized carbons (Fsp3) is 0.0417. The third-order valence-corrected chi connectivity index (χ3v) is 11.9. The van der Waals surface area contributed by atoms with Crippen molar-refractivity contribution in [2.24, 2.45) is 0 Å². The highest BCUT2D eigenvalue weighted by atomic mass is 32.1. The van der Waals surface area contributed by atoms with Crippen molar-refractivity contribution in [3.8, 4) is 5.69 Å². The summed E-state index contributed by atoms with van der Waals surface area (Å²) in [6.45, 7) is 0. The van der Waals surface area contributed by atoms with E-state index >= 15 is 0 Å². The second-order valence-corrected chi connectivity index (χ2v) is 14.7. The predicted octanol–water partition coefficient (Wildman–Crippen LogP) is 12.3. The summed E-state index contributed by atoms with van der Waals surface area (Å²) in [6, 6.07) is 58.3. The van der Waals surface area contributed by atoms with E-state index in [0.29, 0.717) is 0 Å². The first-order valence-electron chi connectivity index (χ1n) is 17.8. The van der Waals surface area contributed by atoms with Crippen molar-refractivity contribution >= 4 is 104 Å². The average Bonchev–Trinajstić information content (AvgIpc) is 3.74. The molecule has 0 saturated heterocycles. The van der Waals surface area contributed by atoms with Gasteiger partial charge in [-0.3, -0.25) is 0 Å². The molecule has 0 spiro atoms. The maximum absolute atomic E-state index is 2.56. The molecule has 0 N–H and O–H groups in total. The maximum Gasteiger partial charge on any atom is 0.0562 e. The summed E-state index contributed by atoms with van der Waals surface area (Å²) in [6.07, 6.45) is 6.96. The highest BCUT2D eigenvalue weighted by Crippen LogP contribution is 2.47. The van der Waals surface area contributed by atoms with E-state index in [9.17, 15) is 0 Å². The summed E-state index contributed by atoms with van der Waals surface area (Å²) < 4.78 is 5.08. The average molecular weight is 669 g/mol. The van der Waals surface area contributed by atoms with Gasteiger partial charge in [-0.15, -0.1) is 11.3 Å². The van der Waals surface area contributed by atoms with Crippen LogP contribution in [0.25, 0.3) is 81.2 Å². The molecular formula is C48H32N2S. The minimum atomic E-state index is 1.03. The molecule has 1 aliphatic rings. The molecule has 0 aliphatic heterocycles. The summed E-state index contributed by atoms with van der Waals surface area (Å²) in [4.78, 5) is 2.56. The van der Waals surface area contributed by atoms with E-state index in [1.807, 2.05) is 11.3 Å². The van der Waals surface area contributed by atoms with Crippen LogP contribution in [-0.2, 0) is 0 Å². The molecule has 3 heteroatoms. The van der Waals surface area contributed by atoms with Crippen LogP contribution in [0.2, 0.25) is 0 Å². The first kappa shape index (κ1) is 28.7. The highest BCUT2D eigenvalue weighted by Gasteiger charge is 2.24. The highest BCUT2D eigenvalue weighted by molar-refractivity contribution is 7.25. The largest absolute Gasteiger partial charge is 0.310 e. The van der Waals surface area contributed by atoms with Crippen molar-refractivity contribution in [1.29, 1.82) is 0 Å². The van der Waals surface area contributed by atoms with Crippen molar-refractivity contribution in [2.45, 2.75) is 12.8 Å². The van der Waals surface area contributed by atoms with E-state index in [0.717, 1.165) is 18.5 Å². The Kier molecular flexibility index (Phi) is 6.28. The third kappa shape index (κ3) is 4.28. The minimum Gasteiger partial charge on any atom is -0.310 e. The van der Waals surface area contributed by atoms with Gasteiger partial charge < -0.3 is 9.47 Å². The van der Waals surface area contributed by atoms with Gasteiger partial charge in [-0.25, -0.2) is 0 Å². The van der Waals surface area contributed by atoms with Crippen LogP contribution in [0, 0.1) is 0 Å². The number of hydrogen-bond donors (Lipinski definition) is 0. The van der Waals surface area contributed by atoms with Gasteiger partial charge in [0.05, 0.1) is 16.9 Å². The van der Waals surface area contributed by atoms with Gasteiger partial charge in [-0.05, 0) is 88.3 Å². The number of thiophene rings is 1. The van der Waals surface area contributed by atoms with E-state index in [1.165, 1.54) is 91.0 Å². The Morgan fingerprint density at radius 2 is 1.20 bits per heavy atom. The van der Waals surface area contributed by atoms with E-state index in [1.54, 1.807) is 0 Å². The van der Waals surface area contributed by atoms with E-state index < -0.39 is 0 Å². The normalized spacial score (nSPS) is 12.9. The van der Waals surface area contributed by atoms with Crippen molar-refractivity contribution in [3.63, 3.8) is 0 Å². The number of aromatic nitrogens is 1. The molecule has 0 radical (unpaired) electrons. The Bertz CT molecular complexity index is 3150. The quantitative estimate of drug-likeness (QED) is 0.169. The molecule has 8 aromatic carbocycles.